The second kappa shape index (κ2) is 5.49. The van der Waals surface area contributed by atoms with E-state index in [2.05, 4.69) is 0 Å². The molecule has 0 radical (unpaired) electrons. The van der Waals surface area contributed by atoms with Crippen LogP contribution in [0.5, 0.6) is 23.0 Å². The number of fused-ring (bicyclic) bond motifs is 1. The van der Waals surface area contributed by atoms with Gasteiger partial charge >= 0.3 is 0 Å². The Kier molecular flexibility index (Phi) is 3.93. The zero-order valence-corrected chi connectivity index (χ0v) is 12.5. The number of ether oxygens (including phenoxy) is 3. The van der Waals surface area contributed by atoms with Crippen molar-refractivity contribution in [3.63, 3.8) is 0 Å². The van der Waals surface area contributed by atoms with Crippen molar-refractivity contribution in [3.8, 4) is 23.0 Å². The first-order valence-corrected chi connectivity index (χ1v) is 6.49. The van der Waals surface area contributed by atoms with Crippen LogP contribution in [0.3, 0.4) is 0 Å². The minimum Gasteiger partial charge on any atom is -0.507 e. The average Bonchev–Trinajstić information content (AvgIpc) is 2.45. The first-order chi connectivity index (χ1) is 9.54. The first kappa shape index (κ1) is 14.3. The van der Waals surface area contributed by atoms with E-state index in [9.17, 15) is 5.11 Å². The molecule has 0 bridgehead atoms. The van der Waals surface area contributed by atoms with Gasteiger partial charge in [0.1, 0.15) is 5.75 Å². The van der Waals surface area contributed by atoms with Crippen LogP contribution in [-0.2, 0) is 0 Å². The lowest BCUT2D eigenvalue weighted by molar-refractivity contribution is 0.327. The van der Waals surface area contributed by atoms with E-state index in [-0.39, 0.29) is 11.7 Å². The molecule has 0 saturated carbocycles. The Balaban J connectivity index is 2.87. The van der Waals surface area contributed by atoms with E-state index >= 15 is 0 Å². The molecule has 0 unspecified atom stereocenters. The molecule has 0 fully saturated rings. The SMILES string of the molecule is COc1cc2c(O)c(C(C)C)ccc2c(OC)c1OC. The van der Waals surface area contributed by atoms with Crippen molar-refractivity contribution in [2.75, 3.05) is 21.3 Å². The van der Waals surface area contributed by atoms with Crippen LogP contribution in [0.2, 0.25) is 0 Å². The standard InChI is InChI=1S/C16H20O4/c1-9(2)10-6-7-11-12(14(10)17)8-13(18-3)16(20-5)15(11)19-4/h6-9,17H,1-5H3. The Labute approximate surface area is 118 Å². The zero-order valence-electron chi connectivity index (χ0n) is 12.5. The van der Waals surface area contributed by atoms with Gasteiger partial charge in [0, 0.05) is 10.8 Å². The number of hydrogen-bond donors (Lipinski definition) is 1. The monoisotopic (exact) mass is 276 g/mol. The molecule has 0 amide bonds. The van der Waals surface area contributed by atoms with Crippen LogP contribution in [0.4, 0.5) is 0 Å². The fourth-order valence-corrected chi connectivity index (χ4v) is 2.41. The lowest BCUT2D eigenvalue weighted by atomic mass is 9.97. The van der Waals surface area contributed by atoms with Gasteiger partial charge in [-0.3, -0.25) is 0 Å². The van der Waals surface area contributed by atoms with Crippen molar-refractivity contribution in [1.29, 1.82) is 0 Å². The van der Waals surface area contributed by atoms with Gasteiger partial charge in [-0.2, -0.15) is 0 Å². The Hall–Kier alpha value is -2.10. The molecule has 0 saturated heterocycles. The Morgan fingerprint density at radius 1 is 0.900 bits per heavy atom. The summed E-state index contributed by atoms with van der Waals surface area (Å²) in [4.78, 5) is 0. The van der Waals surface area contributed by atoms with Crippen molar-refractivity contribution in [2.24, 2.45) is 0 Å². The Morgan fingerprint density at radius 3 is 2.05 bits per heavy atom. The highest BCUT2D eigenvalue weighted by atomic mass is 16.5. The van der Waals surface area contributed by atoms with Crippen molar-refractivity contribution < 1.29 is 19.3 Å². The maximum atomic E-state index is 10.5. The lowest BCUT2D eigenvalue weighted by Crippen LogP contribution is -1.97. The number of phenols is 1. The molecule has 0 spiro atoms. The quantitative estimate of drug-likeness (QED) is 0.925. The normalized spacial score (nSPS) is 10.9. The van der Waals surface area contributed by atoms with Crippen molar-refractivity contribution in [1.82, 2.24) is 0 Å². The van der Waals surface area contributed by atoms with Crippen LogP contribution in [0.25, 0.3) is 10.8 Å². The van der Waals surface area contributed by atoms with Crippen molar-refractivity contribution in [2.45, 2.75) is 19.8 Å². The molecule has 0 aliphatic heterocycles. The van der Waals surface area contributed by atoms with E-state index in [0.717, 1.165) is 10.9 Å². The fraction of sp³-hybridized carbons (Fsp3) is 0.375. The van der Waals surface area contributed by atoms with Gasteiger partial charge in [-0.05, 0) is 23.6 Å². The lowest BCUT2D eigenvalue weighted by Gasteiger charge is -2.17. The Bertz CT molecular complexity index is 632. The third kappa shape index (κ3) is 2.11. The molecule has 2 rings (SSSR count). The van der Waals surface area contributed by atoms with E-state index in [0.29, 0.717) is 22.6 Å². The molecule has 0 atom stereocenters. The number of rotatable bonds is 4. The molecule has 4 nitrogen and oxygen atoms in total. The van der Waals surface area contributed by atoms with Gasteiger partial charge in [0.25, 0.3) is 0 Å². The first-order valence-electron chi connectivity index (χ1n) is 6.49. The molecular formula is C16H20O4. The van der Waals surface area contributed by atoms with Crippen LogP contribution in [-0.4, -0.2) is 26.4 Å². The van der Waals surface area contributed by atoms with Crippen molar-refractivity contribution in [3.05, 3.63) is 23.8 Å². The molecule has 2 aromatic carbocycles. The van der Waals surface area contributed by atoms with E-state index < -0.39 is 0 Å². The largest absolute Gasteiger partial charge is 0.507 e. The summed E-state index contributed by atoms with van der Waals surface area (Å²) in [6.07, 6.45) is 0. The van der Waals surface area contributed by atoms with Gasteiger partial charge in [0.15, 0.2) is 11.5 Å². The smallest absolute Gasteiger partial charge is 0.203 e. The summed E-state index contributed by atoms with van der Waals surface area (Å²) in [6, 6.07) is 5.62. The molecular weight excluding hydrogens is 256 g/mol. The van der Waals surface area contributed by atoms with Gasteiger partial charge < -0.3 is 19.3 Å². The molecule has 0 aromatic heterocycles. The number of hydrogen-bond acceptors (Lipinski definition) is 4. The van der Waals surface area contributed by atoms with Crippen molar-refractivity contribution >= 4 is 10.8 Å². The molecule has 0 aliphatic rings. The summed E-state index contributed by atoms with van der Waals surface area (Å²) in [6.45, 7) is 4.08. The highest BCUT2D eigenvalue weighted by Gasteiger charge is 2.19. The summed E-state index contributed by atoms with van der Waals surface area (Å²) in [5.41, 5.74) is 0.895. The van der Waals surface area contributed by atoms with E-state index in [4.69, 9.17) is 14.2 Å². The van der Waals surface area contributed by atoms with Crippen LogP contribution in [0, 0.1) is 0 Å². The van der Waals surface area contributed by atoms with E-state index in [1.165, 1.54) is 0 Å². The summed E-state index contributed by atoms with van der Waals surface area (Å²) in [5, 5.41) is 12.0. The average molecular weight is 276 g/mol. The number of benzene rings is 2. The predicted octanol–water partition coefficient (Wildman–Crippen LogP) is 3.69. The van der Waals surface area contributed by atoms with Crippen LogP contribution in [0.15, 0.2) is 18.2 Å². The molecule has 108 valence electrons. The van der Waals surface area contributed by atoms with Gasteiger partial charge in [-0.1, -0.05) is 19.9 Å². The van der Waals surface area contributed by atoms with Crippen LogP contribution in [0.1, 0.15) is 25.3 Å². The van der Waals surface area contributed by atoms with E-state index in [1.807, 2.05) is 26.0 Å². The van der Waals surface area contributed by atoms with Crippen LogP contribution >= 0.6 is 0 Å². The predicted molar refractivity (Wildman–Crippen MR) is 79.4 cm³/mol. The number of aromatic hydroxyl groups is 1. The topological polar surface area (TPSA) is 47.9 Å². The maximum Gasteiger partial charge on any atom is 0.203 e. The highest BCUT2D eigenvalue weighted by molar-refractivity contribution is 5.97. The number of methoxy groups -OCH3 is 3. The molecule has 0 heterocycles. The second-order valence-electron chi connectivity index (χ2n) is 4.90. The van der Waals surface area contributed by atoms with E-state index in [1.54, 1.807) is 27.4 Å². The molecule has 4 heteroatoms. The zero-order chi connectivity index (χ0) is 14.9. The van der Waals surface area contributed by atoms with Gasteiger partial charge in [0.2, 0.25) is 5.75 Å². The van der Waals surface area contributed by atoms with Gasteiger partial charge in [-0.25, -0.2) is 0 Å². The minimum atomic E-state index is 0.235. The molecule has 2 aromatic rings. The third-order valence-electron chi connectivity index (χ3n) is 3.45. The van der Waals surface area contributed by atoms with Gasteiger partial charge in [-0.15, -0.1) is 0 Å². The fourth-order valence-electron chi connectivity index (χ4n) is 2.41. The summed E-state index contributed by atoms with van der Waals surface area (Å²) in [7, 11) is 4.70. The maximum absolute atomic E-state index is 10.5. The summed E-state index contributed by atoms with van der Waals surface area (Å²) < 4.78 is 16.1. The molecule has 1 N–H and O–H groups in total. The van der Waals surface area contributed by atoms with Gasteiger partial charge in [0.05, 0.1) is 21.3 Å². The highest BCUT2D eigenvalue weighted by Crippen LogP contribution is 2.47. The third-order valence-corrected chi connectivity index (χ3v) is 3.45. The number of phenolic OH excluding ortho intramolecular Hbond substituents is 1. The second-order valence-corrected chi connectivity index (χ2v) is 4.90. The Morgan fingerprint density at radius 2 is 1.55 bits per heavy atom. The minimum absolute atomic E-state index is 0.235. The van der Waals surface area contributed by atoms with Crippen LogP contribution < -0.4 is 14.2 Å². The summed E-state index contributed by atoms with van der Waals surface area (Å²) in [5.74, 6) is 2.12. The molecule has 20 heavy (non-hydrogen) atoms. The summed E-state index contributed by atoms with van der Waals surface area (Å²) >= 11 is 0. The molecule has 0 aliphatic carbocycles.